The number of hydrogen-bond acceptors (Lipinski definition) is 3. The predicted octanol–water partition coefficient (Wildman–Crippen LogP) is 4.07. The van der Waals surface area contributed by atoms with Crippen LogP contribution in [-0.4, -0.2) is 36.9 Å². The molecule has 0 aromatic heterocycles. The quantitative estimate of drug-likeness (QED) is 0.757. The molecule has 5 nitrogen and oxygen atoms in total. The molecule has 0 heterocycles. The molecule has 0 saturated heterocycles. The lowest BCUT2D eigenvalue weighted by atomic mass is 10.2. The van der Waals surface area contributed by atoms with Crippen molar-refractivity contribution in [2.75, 3.05) is 18.9 Å². The number of ether oxygens (including phenoxy) is 1. The van der Waals surface area contributed by atoms with Gasteiger partial charge in [0.15, 0.2) is 0 Å². The molecule has 2 aromatic carbocycles. The van der Waals surface area contributed by atoms with E-state index in [1.54, 1.807) is 12.1 Å². The maximum absolute atomic E-state index is 12.3. The molecule has 0 bridgehead atoms. The number of halogens is 3. The fourth-order valence-corrected chi connectivity index (χ4v) is 2.72. The van der Waals surface area contributed by atoms with Crippen LogP contribution in [0.4, 0.5) is 14.5 Å². The van der Waals surface area contributed by atoms with Gasteiger partial charge in [0.25, 0.3) is 5.91 Å². The van der Waals surface area contributed by atoms with Crippen molar-refractivity contribution in [1.29, 1.82) is 0 Å². The number of hydrogen-bond donors (Lipinski definition) is 1. The molecular formula is C18H17BrF2N2O3. The third kappa shape index (κ3) is 5.52. The predicted molar refractivity (Wildman–Crippen MR) is 97.5 cm³/mol. The van der Waals surface area contributed by atoms with Crippen molar-refractivity contribution in [3.05, 3.63) is 58.1 Å². The SMILES string of the molecule is Cc1cc(Br)ccc1NC(=O)CN(C)C(=O)c1ccc(OC(F)F)cc1. The van der Waals surface area contributed by atoms with E-state index in [4.69, 9.17) is 0 Å². The highest BCUT2D eigenvalue weighted by atomic mass is 79.9. The Hall–Kier alpha value is -2.48. The van der Waals surface area contributed by atoms with Crippen LogP contribution in [0.3, 0.4) is 0 Å². The summed E-state index contributed by atoms with van der Waals surface area (Å²) in [5.74, 6) is -0.789. The molecule has 0 atom stereocenters. The van der Waals surface area contributed by atoms with Gasteiger partial charge in [0.2, 0.25) is 5.91 Å². The highest BCUT2D eigenvalue weighted by Crippen LogP contribution is 2.20. The summed E-state index contributed by atoms with van der Waals surface area (Å²) in [4.78, 5) is 25.7. The first-order valence-electron chi connectivity index (χ1n) is 7.62. The van der Waals surface area contributed by atoms with Gasteiger partial charge in [-0.25, -0.2) is 0 Å². The number of nitrogens with one attached hydrogen (secondary N) is 1. The van der Waals surface area contributed by atoms with Gasteiger partial charge in [0, 0.05) is 22.8 Å². The zero-order valence-electron chi connectivity index (χ0n) is 14.1. The Balaban J connectivity index is 1.96. The molecule has 0 aliphatic rings. The van der Waals surface area contributed by atoms with Crippen LogP contribution >= 0.6 is 15.9 Å². The van der Waals surface area contributed by atoms with Crippen LogP contribution in [0.1, 0.15) is 15.9 Å². The molecule has 2 aromatic rings. The Morgan fingerprint density at radius 2 is 1.85 bits per heavy atom. The van der Waals surface area contributed by atoms with E-state index in [9.17, 15) is 18.4 Å². The average molecular weight is 427 g/mol. The van der Waals surface area contributed by atoms with Gasteiger partial charge in [-0.1, -0.05) is 15.9 Å². The zero-order chi connectivity index (χ0) is 19.3. The minimum atomic E-state index is -2.93. The van der Waals surface area contributed by atoms with E-state index in [2.05, 4.69) is 26.0 Å². The standard InChI is InChI=1S/C18H17BrF2N2O3/c1-11-9-13(19)5-8-15(11)22-16(24)10-23(2)17(25)12-3-6-14(7-4-12)26-18(20)21/h3-9,18H,10H2,1-2H3,(H,22,24). The normalized spacial score (nSPS) is 10.5. The molecule has 0 fully saturated rings. The Morgan fingerprint density at radius 3 is 2.42 bits per heavy atom. The molecule has 1 N–H and O–H groups in total. The molecule has 26 heavy (non-hydrogen) atoms. The van der Waals surface area contributed by atoms with Crippen molar-refractivity contribution in [1.82, 2.24) is 4.90 Å². The average Bonchev–Trinajstić information content (AvgIpc) is 2.57. The number of anilines is 1. The van der Waals surface area contributed by atoms with Crippen LogP contribution in [-0.2, 0) is 4.79 Å². The summed E-state index contributed by atoms with van der Waals surface area (Å²) in [6.45, 7) is -1.22. The van der Waals surface area contributed by atoms with Gasteiger partial charge in [-0.05, 0) is 55.0 Å². The smallest absolute Gasteiger partial charge is 0.387 e. The van der Waals surface area contributed by atoms with E-state index in [-0.39, 0.29) is 23.8 Å². The third-order valence-corrected chi connectivity index (χ3v) is 4.01. The number of carbonyl (C=O) groups excluding carboxylic acids is 2. The van der Waals surface area contributed by atoms with Crippen molar-refractivity contribution in [2.45, 2.75) is 13.5 Å². The van der Waals surface area contributed by atoms with Gasteiger partial charge in [0.1, 0.15) is 5.75 Å². The molecule has 0 saturated carbocycles. The fourth-order valence-electron chi connectivity index (χ4n) is 2.24. The van der Waals surface area contributed by atoms with Crippen LogP contribution in [0.15, 0.2) is 46.9 Å². The summed E-state index contributed by atoms with van der Waals surface area (Å²) >= 11 is 3.35. The number of nitrogens with zero attached hydrogens (tertiary/aromatic N) is 1. The number of benzene rings is 2. The van der Waals surface area contributed by atoms with Crippen molar-refractivity contribution in [3.63, 3.8) is 0 Å². The molecular weight excluding hydrogens is 410 g/mol. The lowest BCUT2D eigenvalue weighted by molar-refractivity contribution is -0.116. The van der Waals surface area contributed by atoms with Gasteiger partial charge in [-0.3, -0.25) is 9.59 Å². The number of rotatable bonds is 6. The van der Waals surface area contributed by atoms with Gasteiger partial charge in [0.05, 0.1) is 6.54 Å². The first kappa shape index (κ1) is 19.8. The van der Waals surface area contributed by atoms with Crippen molar-refractivity contribution in [3.8, 4) is 5.75 Å². The summed E-state index contributed by atoms with van der Waals surface area (Å²) < 4.78 is 29.4. The Labute approximate surface area is 158 Å². The summed E-state index contributed by atoms with van der Waals surface area (Å²) in [6, 6.07) is 10.7. The van der Waals surface area contributed by atoms with E-state index in [0.717, 1.165) is 10.0 Å². The highest BCUT2D eigenvalue weighted by molar-refractivity contribution is 9.10. The van der Waals surface area contributed by atoms with Crippen LogP contribution in [0, 0.1) is 6.92 Å². The zero-order valence-corrected chi connectivity index (χ0v) is 15.7. The second-order valence-corrected chi connectivity index (χ2v) is 6.49. The van der Waals surface area contributed by atoms with E-state index in [0.29, 0.717) is 5.69 Å². The van der Waals surface area contributed by atoms with Gasteiger partial charge < -0.3 is 15.0 Å². The molecule has 0 unspecified atom stereocenters. The lowest BCUT2D eigenvalue weighted by Gasteiger charge is -2.17. The minimum Gasteiger partial charge on any atom is -0.435 e. The van der Waals surface area contributed by atoms with E-state index in [1.807, 2.05) is 13.0 Å². The molecule has 0 radical (unpaired) electrons. The number of likely N-dealkylation sites (N-methyl/N-ethyl adjacent to an activating group) is 1. The lowest BCUT2D eigenvalue weighted by Crippen LogP contribution is -2.35. The number of aryl methyl sites for hydroxylation is 1. The van der Waals surface area contributed by atoms with E-state index < -0.39 is 12.5 Å². The molecule has 8 heteroatoms. The minimum absolute atomic E-state index is 0.0392. The van der Waals surface area contributed by atoms with Crippen molar-refractivity contribution < 1.29 is 23.1 Å². The second kappa shape index (κ2) is 8.75. The monoisotopic (exact) mass is 426 g/mol. The fraction of sp³-hybridized carbons (Fsp3) is 0.222. The van der Waals surface area contributed by atoms with Gasteiger partial charge in [-0.2, -0.15) is 8.78 Å². The van der Waals surface area contributed by atoms with Crippen molar-refractivity contribution in [2.24, 2.45) is 0 Å². The summed E-state index contributed by atoms with van der Waals surface area (Å²) in [5.41, 5.74) is 1.81. The molecule has 0 aliphatic heterocycles. The van der Waals surface area contributed by atoms with Crippen LogP contribution in [0.2, 0.25) is 0 Å². The summed E-state index contributed by atoms with van der Waals surface area (Å²) in [6.07, 6.45) is 0. The first-order valence-corrected chi connectivity index (χ1v) is 8.42. The Morgan fingerprint density at radius 1 is 1.19 bits per heavy atom. The van der Waals surface area contributed by atoms with E-state index in [1.165, 1.54) is 36.2 Å². The van der Waals surface area contributed by atoms with Crippen LogP contribution in [0.25, 0.3) is 0 Å². The molecule has 0 spiro atoms. The third-order valence-electron chi connectivity index (χ3n) is 3.52. The maximum atomic E-state index is 12.3. The summed E-state index contributed by atoms with van der Waals surface area (Å²) in [7, 11) is 1.49. The van der Waals surface area contributed by atoms with Gasteiger partial charge >= 0.3 is 6.61 Å². The Bertz CT molecular complexity index is 798. The molecule has 2 rings (SSSR count). The topological polar surface area (TPSA) is 58.6 Å². The maximum Gasteiger partial charge on any atom is 0.387 e. The molecule has 2 amide bonds. The van der Waals surface area contributed by atoms with Crippen molar-refractivity contribution >= 4 is 33.4 Å². The first-order chi connectivity index (χ1) is 12.3. The summed E-state index contributed by atoms with van der Waals surface area (Å²) in [5, 5.41) is 2.75. The highest BCUT2D eigenvalue weighted by Gasteiger charge is 2.16. The van der Waals surface area contributed by atoms with Crippen LogP contribution < -0.4 is 10.1 Å². The molecule has 0 aliphatic carbocycles. The number of amides is 2. The van der Waals surface area contributed by atoms with E-state index >= 15 is 0 Å². The second-order valence-electron chi connectivity index (χ2n) is 5.57. The number of alkyl halides is 2. The Kier molecular flexibility index (Phi) is 6.68. The van der Waals surface area contributed by atoms with Gasteiger partial charge in [-0.15, -0.1) is 0 Å². The van der Waals surface area contributed by atoms with Crippen LogP contribution in [0.5, 0.6) is 5.75 Å². The largest absolute Gasteiger partial charge is 0.435 e. The molecule has 138 valence electrons. The number of carbonyl (C=O) groups is 2.